The van der Waals surface area contributed by atoms with Crippen LogP contribution >= 0.6 is 0 Å². The fraction of sp³-hybridized carbons (Fsp3) is 0.500. The second-order valence-electron chi connectivity index (χ2n) is 2.36. The van der Waals surface area contributed by atoms with Crippen molar-refractivity contribution in [2.45, 2.75) is 27.2 Å². The maximum absolute atomic E-state index is 9.00. The molecule has 0 aliphatic rings. The number of hydrogen-bond acceptors (Lipinski definition) is 4. The first-order valence-electron chi connectivity index (χ1n) is 4.42. The normalized spacial score (nSPS) is 6.59. The third-order valence-electron chi connectivity index (χ3n) is 0.333. The van der Waals surface area contributed by atoms with E-state index in [2.05, 4.69) is 6.58 Å². The van der Waals surface area contributed by atoms with Gasteiger partial charge in [0.05, 0.1) is 0 Å². The highest BCUT2D eigenvalue weighted by molar-refractivity contribution is 5.63. The Balaban J connectivity index is -0.0000000667. The van der Waals surface area contributed by atoms with E-state index >= 15 is 0 Å². The molecule has 0 unspecified atom stereocenters. The molecule has 0 atom stereocenters. The second kappa shape index (κ2) is 23.7. The molecular weight excluding hydrogens is 232 g/mol. The summed E-state index contributed by atoms with van der Waals surface area (Å²) in [6.45, 7) is 6.87. The lowest BCUT2D eigenvalue weighted by Crippen LogP contribution is -1.78. The third kappa shape index (κ3) is 171000. The van der Waals surface area contributed by atoms with Crippen molar-refractivity contribution >= 4 is 17.9 Å². The molecule has 0 saturated carbocycles. The molecule has 0 rings (SSSR count). The Bertz CT molecular complexity index is 170. The summed E-state index contributed by atoms with van der Waals surface area (Å²) < 4.78 is 0. The SMILES string of the molecule is C=CCCO.CC(=O)O.CC(=O)O.CC(=O)O. The summed E-state index contributed by atoms with van der Waals surface area (Å²) in [5.41, 5.74) is 0. The van der Waals surface area contributed by atoms with Gasteiger partial charge in [-0.15, -0.1) is 6.58 Å². The summed E-state index contributed by atoms with van der Waals surface area (Å²) in [5.74, 6) is -2.50. The predicted octanol–water partition coefficient (Wildman–Crippen LogP) is 0.827. The van der Waals surface area contributed by atoms with Crippen LogP contribution in [0.1, 0.15) is 27.2 Å². The van der Waals surface area contributed by atoms with Gasteiger partial charge in [0.1, 0.15) is 0 Å². The zero-order valence-corrected chi connectivity index (χ0v) is 10.2. The summed E-state index contributed by atoms with van der Waals surface area (Å²) in [6.07, 6.45) is 2.39. The molecule has 0 heterocycles. The molecule has 0 aromatic carbocycles. The van der Waals surface area contributed by atoms with E-state index in [1.54, 1.807) is 6.08 Å². The van der Waals surface area contributed by atoms with Crippen LogP contribution in [0.3, 0.4) is 0 Å². The molecule has 7 heteroatoms. The Hall–Kier alpha value is -1.89. The molecule has 0 aromatic rings. The maximum Gasteiger partial charge on any atom is 0.300 e. The number of carbonyl (C=O) groups is 3. The minimum absolute atomic E-state index is 0.226. The summed E-state index contributed by atoms with van der Waals surface area (Å²) in [5, 5.41) is 30.2. The molecule has 0 aromatic heterocycles. The van der Waals surface area contributed by atoms with Crippen molar-refractivity contribution in [3.05, 3.63) is 12.7 Å². The molecular formula is C10H20O7. The fourth-order valence-corrected chi connectivity index (χ4v) is 0.0913. The van der Waals surface area contributed by atoms with Crippen LogP contribution in [0.2, 0.25) is 0 Å². The lowest BCUT2D eigenvalue weighted by molar-refractivity contribution is -0.135. The highest BCUT2D eigenvalue weighted by Crippen LogP contribution is 1.69. The zero-order valence-electron chi connectivity index (χ0n) is 10.2. The standard InChI is InChI=1S/C4H8O.3C2H4O2/c1-2-3-4-5;3*1-2(3)4/h2,5H,1,3-4H2;3*1H3,(H,3,4). The fourth-order valence-electron chi connectivity index (χ4n) is 0.0913. The summed E-state index contributed by atoms with van der Waals surface area (Å²) in [7, 11) is 0. The second-order valence-corrected chi connectivity index (χ2v) is 2.36. The molecule has 0 aliphatic carbocycles. The van der Waals surface area contributed by atoms with Gasteiger partial charge in [-0.3, -0.25) is 14.4 Å². The van der Waals surface area contributed by atoms with Crippen LogP contribution in [-0.4, -0.2) is 44.9 Å². The molecule has 0 radical (unpaired) electrons. The van der Waals surface area contributed by atoms with Gasteiger partial charge in [0.2, 0.25) is 0 Å². The van der Waals surface area contributed by atoms with E-state index in [9.17, 15) is 0 Å². The maximum atomic E-state index is 9.00. The van der Waals surface area contributed by atoms with Crippen molar-refractivity contribution in [2.75, 3.05) is 6.61 Å². The highest BCUT2D eigenvalue weighted by atomic mass is 16.4. The number of aliphatic carboxylic acids is 3. The van der Waals surface area contributed by atoms with Crippen molar-refractivity contribution in [2.24, 2.45) is 0 Å². The van der Waals surface area contributed by atoms with Gasteiger partial charge in [-0.05, 0) is 6.42 Å². The first-order chi connectivity index (χ1) is 7.61. The van der Waals surface area contributed by atoms with Crippen LogP contribution in [0.25, 0.3) is 0 Å². The first kappa shape index (κ1) is 24.4. The van der Waals surface area contributed by atoms with Crippen LogP contribution in [0.15, 0.2) is 12.7 Å². The first-order valence-corrected chi connectivity index (χ1v) is 4.42. The van der Waals surface area contributed by atoms with Crippen molar-refractivity contribution in [3.8, 4) is 0 Å². The molecule has 0 bridgehead atoms. The van der Waals surface area contributed by atoms with Crippen LogP contribution in [0.5, 0.6) is 0 Å². The number of carboxylic acid groups (broad SMARTS) is 3. The van der Waals surface area contributed by atoms with Gasteiger partial charge in [0, 0.05) is 27.4 Å². The van der Waals surface area contributed by atoms with Crippen LogP contribution in [0.4, 0.5) is 0 Å². The molecule has 4 N–H and O–H groups in total. The van der Waals surface area contributed by atoms with Gasteiger partial charge in [-0.2, -0.15) is 0 Å². The van der Waals surface area contributed by atoms with E-state index in [-0.39, 0.29) is 6.61 Å². The van der Waals surface area contributed by atoms with E-state index in [4.69, 9.17) is 34.8 Å². The number of aliphatic hydroxyl groups excluding tert-OH is 1. The quantitative estimate of drug-likeness (QED) is 0.535. The van der Waals surface area contributed by atoms with Crippen LogP contribution < -0.4 is 0 Å². The Morgan fingerprint density at radius 3 is 1.12 bits per heavy atom. The monoisotopic (exact) mass is 252 g/mol. The van der Waals surface area contributed by atoms with E-state index in [1.165, 1.54) is 0 Å². The average molecular weight is 252 g/mol. The van der Waals surface area contributed by atoms with Gasteiger partial charge < -0.3 is 20.4 Å². The minimum atomic E-state index is -0.833. The average Bonchev–Trinajstić information content (AvgIpc) is 2.01. The molecule has 7 nitrogen and oxygen atoms in total. The Morgan fingerprint density at radius 1 is 0.941 bits per heavy atom. The molecule has 0 aliphatic heterocycles. The molecule has 0 amide bonds. The number of aliphatic hydroxyl groups is 1. The Labute approximate surface area is 100 Å². The zero-order chi connectivity index (χ0) is 14.9. The minimum Gasteiger partial charge on any atom is -0.481 e. The van der Waals surface area contributed by atoms with Gasteiger partial charge in [0.25, 0.3) is 17.9 Å². The lowest BCUT2D eigenvalue weighted by Gasteiger charge is -1.73. The predicted molar refractivity (Wildman–Crippen MR) is 61.8 cm³/mol. The molecule has 102 valence electrons. The number of rotatable bonds is 2. The molecule has 0 saturated heterocycles. The van der Waals surface area contributed by atoms with Crippen molar-refractivity contribution in [1.82, 2.24) is 0 Å². The summed E-state index contributed by atoms with van der Waals surface area (Å²) in [6, 6.07) is 0. The van der Waals surface area contributed by atoms with Gasteiger partial charge >= 0.3 is 0 Å². The van der Waals surface area contributed by atoms with Crippen LogP contribution in [0, 0.1) is 0 Å². The Morgan fingerprint density at radius 2 is 1.12 bits per heavy atom. The van der Waals surface area contributed by atoms with E-state index < -0.39 is 17.9 Å². The largest absolute Gasteiger partial charge is 0.481 e. The van der Waals surface area contributed by atoms with E-state index in [0.717, 1.165) is 20.8 Å². The van der Waals surface area contributed by atoms with Crippen LogP contribution in [-0.2, 0) is 14.4 Å². The van der Waals surface area contributed by atoms with Crippen molar-refractivity contribution in [3.63, 3.8) is 0 Å². The summed E-state index contributed by atoms with van der Waals surface area (Å²) >= 11 is 0. The number of carboxylic acids is 3. The van der Waals surface area contributed by atoms with Crippen molar-refractivity contribution < 1.29 is 34.8 Å². The smallest absolute Gasteiger partial charge is 0.300 e. The van der Waals surface area contributed by atoms with Gasteiger partial charge in [0.15, 0.2) is 0 Å². The molecule has 17 heavy (non-hydrogen) atoms. The molecule has 0 fully saturated rings. The topological polar surface area (TPSA) is 132 Å². The lowest BCUT2D eigenvalue weighted by atomic mass is 10.5. The number of hydrogen-bond donors (Lipinski definition) is 4. The van der Waals surface area contributed by atoms with Gasteiger partial charge in [-0.25, -0.2) is 0 Å². The Kier molecular flexibility index (Phi) is 34.0. The third-order valence-corrected chi connectivity index (χ3v) is 0.333. The van der Waals surface area contributed by atoms with Gasteiger partial charge in [-0.1, -0.05) is 6.08 Å². The summed E-state index contributed by atoms with van der Waals surface area (Å²) in [4.78, 5) is 27.0. The van der Waals surface area contributed by atoms with Crippen molar-refractivity contribution in [1.29, 1.82) is 0 Å². The highest BCUT2D eigenvalue weighted by Gasteiger charge is 1.66. The van der Waals surface area contributed by atoms with E-state index in [1.807, 2.05) is 0 Å². The molecule has 0 spiro atoms. The van der Waals surface area contributed by atoms with E-state index in [0.29, 0.717) is 6.42 Å².